The molecule has 1 atom stereocenters. The second-order valence-electron chi connectivity index (χ2n) is 3.76. The Labute approximate surface area is 104 Å². The third-order valence-corrected chi connectivity index (χ3v) is 2.22. The van der Waals surface area contributed by atoms with Gasteiger partial charge in [0.1, 0.15) is 0 Å². The first kappa shape index (κ1) is 14.0. The normalized spacial score (nSPS) is 11.6. The highest BCUT2D eigenvalue weighted by molar-refractivity contribution is 5.96. The van der Waals surface area contributed by atoms with Gasteiger partial charge in [0.25, 0.3) is 5.91 Å². The highest BCUT2D eigenvalue weighted by Crippen LogP contribution is 2.19. The van der Waals surface area contributed by atoms with Crippen molar-refractivity contribution in [2.75, 3.05) is 7.05 Å². The number of halogens is 1. The van der Waals surface area contributed by atoms with Crippen LogP contribution in [0, 0.1) is 12.7 Å². The number of hydrogen-bond donors (Lipinski definition) is 2. The van der Waals surface area contributed by atoms with Crippen LogP contribution in [0.3, 0.4) is 0 Å². The van der Waals surface area contributed by atoms with E-state index in [1.54, 1.807) is 13.0 Å². The van der Waals surface area contributed by atoms with E-state index in [1.165, 1.54) is 26.1 Å². The van der Waals surface area contributed by atoms with Gasteiger partial charge in [-0.3, -0.25) is 10.1 Å². The molecule has 0 spiro atoms. The molecule has 0 aliphatic heterocycles. The summed E-state index contributed by atoms with van der Waals surface area (Å²) in [5, 5.41) is 4.28. The lowest BCUT2D eigenvalue weighted by atomic mass is 10.2. The minimum atomic E-state index is -0.974. The van der Waals surface area contributed by atoms with Crippen molar-refractivity contribution >= 4 is 11.9 Å². The summed E-state index contributed by atoms with van der Waals surface area (Å²) in [7, 11) is 1.38. The van der Waals surface area contributed by atoms with Crippen molar-refractivity contribution in [1.29, 1.82) is 0 Å². The van der Waals surface area contributed by atoms with Crippen LogP contribution in [0.25, 0.3) is 0 Å². The number of amides is 3. The Hall–Kier alpha value is -2.11. The molecule has 0 bridgehead atoms. The van der Waals surface area contributed by atoms with Crippen molar-refractivity contribution in [2.45, 2.75) is 20.0 Å². The van der Waals surface area contributed by atoms with Gasteiger partial charge in [0.05, 0.1) is 0 Å². The van der Waals surface area contributed by atoms with Crippen LogP contribution < -0.4 is 15.4 Å². The molecule has 5 nitrogen and oxygen atoms in total. The molecule has 3 amide bonds. The van der Waals surface area contributed by atoms with Crippen LogP contribution in [0.1, 0.15) is 12.5 Å². The Kier molecular flexibility index (Phi) is 4.65. The summed E-state index contributed by atoms with van der Waals surface area (Å²) >= 11 is 0. The van der Waals surface area contributed by atoms with E-state index in [4.69, 9.17) is 4.74 Å². The standard InChI is InChI=1S/C12H15FN2O3/c1-7-4-5-9(13)10(6-7)18-8(2)11(16)15-12(17)14-3/h4-6,8H,1-3H3,(H2,14,15,16,17). The summed E-state index contributed by atoms with van der Waals surface area (Å²) in [6, 6.07) is 3.70. The van der Waals surface area contributed by atoms with Gasteiger partial charge in [0.15, 0.2) is 17.7 Å². The SMILES string of the molecule is CNC(=O)NC(=O)C(C)Oc1cc(C)ccc1F. The van der Waals surface area contributed by atoms with Gasteiger partial charge in [-0.25, -0.2) is 9.18 Å². The number of ether oxygens (including phenoxy) is 1. The molecule has 0 aliphatic rings. The molecule has 0 radical (unpaired) electrons. The third-order valence-electron chi connectivity index (χ3n) is 2.22. The molecule has 0 heterocycles. The highest BCUT2D eigenvalue weighted by atomic mass is 19.1. The molecule has 2 N–H and O–H groups in total. The first-order chi connectivity index (χ1) is 8.43. The predicted octanol–water partition coefficient (Wildman–Crippen LogP) is 1.36. The number of carbonyl (C=O) groups excluding carboxylic acids is 2. The molecule has 98 valence electrons. The van der Waals surface area contributed by atoms with Gasteiger partial charge in [0, 0.05) is 7.05 Å². The first-order valence-electron chi connectivity index (χ1n) is 5.39. The lowest BCUT2D eigenvalue weighted by molar-refractivity contribution is -0.126. The summed E-state index contributed by atoms with van der Waals surface area (Å²) in [4.78, 5) is 22.4. The zero-order valence-electron chi connectivity index (χ0n) is 10.4. The Bertz CT molecular complexity index is 463. The van der Waals surface area contributed by atoms with Crippen molar-refractivity contribution in [2.24, 2.45) is 0 Å². The molecule has 1 aromatic rings. The average Bonchev–Trinajstić information content (AvgIpc) is 2.33. The van der Waals surface area contributed by atoms with Crippen LogP contribution in [0.15, 0.2) is 18.2 Å². The number of benzene rings is 1. The van der Waals surface area contributed by atoms with E-state index in [0.29, 0.717) is 0 Å². The lowest BCUT2D eigenvalue weighted by Crippen LogP contribution is -2.44. The summed E-state index contributed by atoms with van der Waals surface area (Å²) in [5.41, 5.74) is 0.810. The van der Waals surface area contributed by atoms with Crippen LogP contribution in [-0.4, -0.2) is 25.1 Å². The number of imide groups is 1. The Morgan fingerprint density at radius 3 is 2.67 bits per heavy atom. The van der Waals surface area contributed by atoms with Crippen LogP contribution >= 0.6 is 0 Å². The number of aryl methyl sites for hydroxylation is 1. The summed E-state index contributed by atoms with van der Waals surface area (Å²) < 4.78 is 18.6. The van der Waals surface area contributed by atoms with Crippen molar-refractivity contribution in [3.05, 3.63) is 29.6 Å². The average molecular weight is 254 g/mol. The van der Waals surface area contributed by atoms with Gasteiger partial charge in [-0.2, -0.15) is 0 Å². The van der Waals surface area contributed by atoms with E-state index in [0.717, 1.165) is 5.56 Å². The minimum absolute atomic E-state index is 0.0189. The van der Waals surface area contributed by atoms with Gasteiger partial charge in [-0.15, -0.1) is 0 Å². The summed E-state index contributed by atoms with van der Waals surface area (Å²) in [5.74, 6) is -1.22. The second-order valence-corrected chi connectivity index (χ2v) is 3.76. The summed E-state index contributed by atoms with van der Waals surface area (Å²) in [6.45, 7) is 3.21. The van der Waals surface area contributed by atoms with E-state index >= 15 is 0 Å². The molecule has 1 unspecified atom stereocenters. The molecule has 1 aromatic carbocycles. The number of carbonyl (C=O) groups is 2. The maximum absolute atomic E-state index is 13.4. The molecule has 1 rings (SSSR count). The smallest absolute Gasteiger partial charge is 0.321 e. The van der Waals surface area contributed by atoms with Crippen molar-refractivity contribution in [3.63, 3.8) is 0 Å². The maximum atomic E-state index is 13.4. The van der Waals surface area contributed by atoms with Crippen LogP contribution in [-0.2, 0) is 4.79 Å². The molecular weight excluding hydrogens is 239 g/mol. The fourth-order valence-corrected chi connectivity index (χ4v) is 1.22. The molecule has 0 saturated carbocycles. The van der Waals surface area contributed by atoms with Crippen molar-refractivity contribution in [1.82, 2.24) is 10.6 Å². The zero-order valence-corrected chi connectivity index (χ0v) is 10.4. The Balaban J connectivity index is 2.69. The van der Waals surface area contributed by atoms with Gasteiger partial charge in [-0.1, -0.05) is 6.07 Å². The minimum Gasteiger partial charge on any atom is -0.478 e. The largest absolute Gasteiger partial charge is 0.478 e. The summed E-state index contributed by atoms with van der Waals surface area (Å²) in [6.07, 6.45) is -0.974. The quantitative estimate of drug-likeness (QED) is 0.855. The van der Waals surface area contributed by atoms with E-state index in [9.17, 15) is 14.0 Å². The number of rotatable bonds is 3. The van der Waals surface area contributed by atoms with E-state index in [-0.39, 0.29) is 5.75 Å². The van der Waals surface area contributed by atoms with E-state index in [2.05, 4.69) is 5.32 Å². The number of urea groups is 1. The molecule has 0 aromatic heterocycles. The first-order valence-corrected chi connectivity index (χ1v) is 5.39. The molecule has 0 fully saturated rings. The van der Waals surface area contributed by atoms with Gasteiger partial charge < -0.3 is 10.1 Å². The van der Waals surface area contributed by atoms with Crippen LogP contribution in [0.4, 0.5) is 9.18 Å². The van der Waals surface area contributed by atoms with Crippen LogP contribution in [0.2, 0.25) is 0 Å². The molecule has 6 heteroatoms. The number of nitrogens with one attached hydrogen (secondary N) is 2. The monoisotopic (exact) mass is 254 g/mol. The second kappa shape index (κ2) is 6.00. The van der Waals surface area contributed by atoms with E-state index < -0.39 is 23.9 Å². The van der Waals surface area contributed by atoms with Gasteiger partial charge in [0.2, 0.25) is 0 Å². The zero-order chi connectivity index (χ0) is 13.7. The maximum Gasteiger partial charge on any atom is 0.321 e. The molecule has 18 heavy (non-hydrogen) atoms. The molecular formula is C12H15FN2O3. The molecule has 0 aliphatic carbocycles. The fraction of sp³-hybridized carbons (Fsp3) is 0.333. The predicted molar refractivity (Wildman–Crippen MR) is 63.8 cm³/mol. The van der Waals surface area contributed by atoms with Crippen molar-refractivity contribution < 1.29 is 18.7 Å². The number of hydrogen-bond acceptors (Lipinski definition) is 3. The fourth-order valence-electron chi connectivity index (χ4n) is 1.22. The van der Waals surface area contributed by atoms with Gasteiger partial charge >= 0.3 is 6.03 Å². The third kappa shape index (κ3) is 3.73. The Morgan fingerprint density at radius 1 is 1.39 bits per heavy atom. The van der Waals surface area contributed by atoms with Crippen LogP contribution in [0.5, 0.6) is 5.75 Å². The Morgan fingerprint density at radius 2 is 2.06 bits per heavy atom. The van der Waals surface area contributed by atoms with E-state index in [1.807, 2.05) is 5.32 Å². The van der Waals surface area contributed by atoms with Crippen molar-refractivity contribution in [3.8, 4) is 5.75 Å². The highest BCUT2D eigenvalue weighted by Gasteiger charge is 2.18. The molecule has 0 saturated heterocycles. The lowest BCUT2D eigenvalue weighted by Gasteiger charge is -2.14. The van der Waals surface area contributed by atoms with Gasteiger partial charge in [-0.05, 0) is 31.5 Å². The topological polar surface area (TPSA) is 67.4 Å².